The Morgan fingerprint density at radius 1 is 1.13 bits per heavy atom. The molecule has 1 aromatic carbocycles. The lowest BCUT2D eigenvalue weighted by molar-refractivity contribution is 0.581. The van der Waals surface area contributed by atoms with E-state index < -0.39 is 27.3 Å². The van der Waals surface area contributed by atoms with Gasteiger partial charge in [0.15, 0.2) is 10.7 Å². The van der Waals surface area contributed by atoms with Gasteiger partial charge in [0.25, 0.3) is 10.0 Å². The second kappa shape index (κ2) is 5.27. The molecule has 0 fully saturated rings. The lowest BCUT2D eigenvalue weighted by Gasteiger charge is -2.07. The summed E-state index contributed by atoms with van der Waals surface area (Å²) < 4.78 is 55.1. The van der Waals surface area contributed by atoms with E-state index in [4.69, 9.17) is 0 Å². The van der Waals surface area contributed by atoms with E-state index >= 15 is 0 Å². The second-order valence-electron chi connectivity index (χ2n) is 4.99. The van der Waals surface area contributed by atoms with Crippen molar-refractivity contribution in [1.29, 1.82) is 0 Å². The highest BCUT2D eigenvalue weighted by atomic mass is 32.2. The van der Waals surface area contributed by atoms with E-state index in [1.54, 1.807) is 19.9 Å². The number of benzene rings is 1. The van der Waals surface area contributed by atoms with Gasteiger partial charge in [0.1, 0.15) is 17.3 Å². The summed E-state index contributed by atoms with van der Waals surface area (Å²) in [5, 5.41) is 3.57. The summed E-state index contributed by atoms with van der Waals surface area (Å²) in [6.45, 7) is 3.51. The molecule has 0 amide bonds. The van der Waals surface area contributed by atoms with Gasteiger partial charge in [0, 0.05) is 17.5 Å². The van der Waals surface area contributed by atoms with Gasteiger partial charge in [-0.25, -0.2) is 18.3 Å². The lowest BCUT2D eigenvalue weighted by Crippen LogP contribution is -2.16. The number of nitrogens with one attached hydrogen (secondary N) is 1. The van der Waals surface area contributed by atoms with Gasteiger partial charge >= 0.3 is 0 Å². The molecule has 0 aliphatic carbocycles. The molecule has 3 rings (SSSR count). The zero-order valence-electron chi connectivity index (χ0n) is 12.2. The van der Waals surface area contributed by atoms with Crippen LogP contribution in [0.3, 0.4) is 0 Å². The first-order valence-corrected chi connectivity index (χ1v) is 8.07. The van der Waals surface area contributed by atoms with Gasteiger partial charge < -0.3 is 0 Å². The molecule has 2 heterocycles. The average molecular weight is 338 g/mol. The van der Waals surface area contributed by atoms with Crippen LogP contribution in [0.4, 0.5) is 14.5 Å². The predicted octanol–water partition coefficient (Wildman–Crippen LogP) is 2.43. The van der Waals surface area contributed by atoms with Gasteiger partial charge in [-0.15, -0.1) is 0 Å². The van der Waals surface area contributed by atoms with E-state index in [-0.39, 0.29) is 5.03 Å². The Morgan fingerprint density at radius 3 is 2.43 bits per heavy atom. The van der Waals surface area contributed by atoms with E-state index in [0.29, 0.717) is 17.0 Å². The molecule has 0 aliphatic heterocycles. The highest BCUT2D eigenvalue weighted by molar-refractivity contribution is 7.92. The van der Waals surface area contributed by atoms with Gasteiger partial charge in [0.05, 0.1) is 0 Å². The van der Waals surface area contributed by atoms with Crippen LogP contribution in [0.1, 0.15) is 11.4 Å². The van der Waals surface area contributed by atoms with Crippen molar-refractivity contribution in [3.05, 3.63) is 53.4 Å². The predicted molar refractivity (Wildman–Crippen MR) is 79.6 cm³/mol. The van der Waals surface area contributed by atoms with Crippen molar-refractivity contribution in [3.8, 4) is 0 Å². The maximum Gasteiger partial charge on any atom is 0.281 e. The zero-order chi connectivity index (χ0) is 16.8. The van der Waals surface area contributed by atoms with Crippen LogP contribution in [-0.2, 0) is 10.0 Å². The SMILES string of the molecule is Cc1cc(C)n2nc(S(=O)(=O)Nc3c(F)cccc3F)cc2n1. The van der Waals surface area contributed by atoms with Crippen molar-refractivity contribution in [1.82, 2.24) is 14.6 Å². The van der Waals surface area contributed by atoms with Crippen molar-refractivity contribution >= 4 is 21.4 Å². The Hall–Kier alpha value is -2.55. The Kier molecular flexibility index (Phi) is 3.52. The second-order valence-corrected chi connectivity index (χ2v) is 6.62. The molecule has 6 nitrogen and oxygen atoms in total. The van der Waals surface area contributed by atoms with E-state index in [1.807, 2.05) is 4.72 Å². The van der Waals surface area contributed by atoms with Gasteiger partial charge in [-0.3, -0.25) is 4.72 Å². The number of para-hydroxylation sites is 1. The summed E-state index contributed by atoms with van der Waals surface area (Å²) in [6, 6.07) is 6.03. The summed E-state index contributed by atoms with van der Waals surface area (Å²) in [4.78, 5) is 4.17. The van der Waals surface area contributed by atoms with Crippen molar-refractivity contribution in [2.24, 2.45) is 0 Å². The largest absolute Gasteiger partial charge is 0.281 e. The number of rotatable bonds is 3. The number of halogens is 2. The zero-order valence-corrected chi connectivity index (χ0v) is 13.0. The number of nitrogens with zero attached hydrogens (tertiary/aromatic N) is 3. The lowest BCUT2D eigenvalue weighted by atomic mass is 10.3. The summed E-state index contributed by atoms with van der Waals surface area (Å²) >= 11 is 0. The summed E-state index contributed by atoms with van der Waals surface area (Å²) in [5.74, 6) is -2.02. The van der Waals surface area contributed by atoms with Crippen LogP contribution in [0.5, 0.6) is 0 Å². The molecule has 0 unspecified atom stereocenters. The number of hydrogen-bond donors (Lipinski definition) is 1. The molecule has 0 atom stereocenters. The molecular formula is C14H12F2N4O2S. The molecule has 0 saturated heterocycles. The van der Waals surface area contributed by atoms with E-state index in [9.17, 15) is 17.2 Å². The van der Waals surface area contributed by atoms with Crippen LogP contribution in [0.15, 0.2) is 35.4 Å². The Morgan fingerprint density at radius 2 is 1.78 bits per heavy atom. The minimum Gasteiger partial charge on any atom is -0.272 e. The molecule has 120 valence electrons. The number of anilines is 1. The summed E-state index contributed by atoms with van der Waals surface area (Å²) in [6.07, 6.45) is 0. The molecule has 0 radical (unpaired) electrons. The van der Waals surface area contributed by atoms with Crippen molar-refractivity contribution < 1.29 is 17.2 Å². The fourth-order valence-corrected chi connectivity index (χ4v) is 3.20. The normalized spacial score (nSPS) is 11.8. The van der Waals surface area contributed by atoms with Gasteiger partial charge in [-0.1, -0.05) is 6.07 Å². The fraction of sp³-hybridized carbons (Fsp3) is 0.143. The molecule has 2 aromatic heterocycles. The molecule has 1 N–H and O–H groups in total. The molecule has 0 saturated carbocycles. The van der Waals surface area contributed by atoms with Gasteiger partial charge in [-0.2, -0.15) is 13.5 Å². The minimum absolute atomic E-state index is 0.330. The Balaban J connectivity index is 2.08. The Bertz CT molecular complexity index is 995. The third-order valence-corrected chi connectivity index (χ3v) is 4.41. The third-order valence-electron chi connectivity index (χ3n) is 3.19. The first-order chi connectivity index (χ1) is 10.8. The first kappa shape index (κ1) is 15.3. The van der Waals surface area contributed by atoms with E-state index in [2.05, 4.69) is 10.1 Å². The van der Waals surface area contributed by atoms with Crippen molar-refractivity contribution in [3.63, 3.8) is 0 Å². The van der Waals surface area contributed by atoms with Crippen LogP contribution < -0.4 is 4.72 Å². The van der Waals surface area contributed by atoms with Crippen molar-refractivity contribution in [2.45, 2.75) is 18.9 Å². The molecule has 0 bridgehead atoms. The summed E-state index contributed by atoms with van der Waals surface area (Å²) in [5.41, 5.74) is 0.972. The minimum atomic E-state index is -4.25. The molecule has 9 heteroatoms. The molecule has 3 aromatic rings. The maximum absolute atomic E-state index is 13.6. The fourth-order valence-electron chi connectivity index (χ4n) is 2.18. The first-order valence-electron chi connectivity index (χ1n) is 6.59. The average Bonchev–Trinajstić information content (AvgIpc) is 2.88. The quantitative estimate of drug-likeness (QED) is 0.796. The topological polar surface area (TPSA) is 76.4 Å². The Labute approximate surface area is 130 Å². The highest BCUT2D eigenvalue weighted by Gasteiger charge is 2.23. The number of sulfonamides is 1. The molecular weight excluding hydrogens is 326 g/mol. The number of hydrogen-bond acceptors (Lipinski definition) is 4. The smallest absolute Gasteiger partial charge is 0.272 e. The van der Waals surface area contributed by atoms with E-state index in [0.717, 1.165) is 18.2 Å². The summed E-state index contributed by atoms with van der Waals surface area (Å²) in [7, 11) is -4.25. The van der Waals surface area contributed by atoms with Crippen LogP contribution in [0, 0.1) is 25.5 Å². The number of fused-ring (bicyclic) bond motifs is 1. The van der Waals surface area contributed by atoms with Crippen LogP contribution in [0.25, 0.3) is 5.65 Å². The molecule has 0 aliphatic rings. The third kappa shape index (κ3) is 2.74. The van der Waals surface area contributed by atoms with Crippen LogP contribution >= 0.6 is 0 Å². The molecule has 0 spiro atoms. The van der Waals surface area contributed by atoms with Crippen LogP contribution in [0.2, 0.25) is 0 Å². The highest BCUT2D eigenvalue weighted by Crippen LogP contribution is 2.22. The maximum atomic E-state index is 13.6. The monoisotopic (exact) mass is 338 g/mol. The van der Waals surface area contributed by atoms with Crippen LogP contribution in [-0.4, -0.2) is 23.0 Å². The van der Waals surface area contributed by atoms with Gasteiger partial charge in [-0.05, 0) is 32.0 Å². The van der Waals surface area contributed by atoms with E-state index in [1.165, 1.54) is 10.6 Å². The number of aromatic nitrogens is 3. The van der Waals surface area contributed by atoms with Gasteiger partial charge in [0.2, 0.25) is 0 Å². The standard InChI is InChI=1S/C14H12F2N4O2S/c1-8-6-9(2)20-12(17-8)7-13(18-20)23(21,22)19-14-10(15)4-3-5-11(14)16/h3-7,19H,1-2H3. The van der Waals surface area contributed by atoms with Crippen molar-refractivity contribution in [2.75, 3.05) is 4.72 Å². The molecule has 23 heavy (non-hydrogen) atoms. The number of aryl methyl sites for hydroxylation is 2.